The monoisotopic (exact) mass is 154 g/mol. The average Bonchev–Trinajstić information content (AvgIpc) is 2.31. The van der Waals surface area contributed by atoms with Crippen molar-refractivity contribution in [2.75, 3.05) is 0 Å². The van der Waals surface area contributed by atoms with Crippen molar-refractivity contribution in [1.29, 1.82) is 0 Å². The highest BCUT2D eigenvalue weighted by atomic mass is 16.1. The van der Waals surface area contributed by atoms with Crippen molar-refractivity contribution in [3.63, 3.8) is 0 Å². The summed E-state index contributed by atoms with van der Waals surface area (Å²) < 4.78 is 0. The number of carbonyl (C=O) groups excluding carboxylic acids is 1. The molecule has 0 aromatic carbocycles. The van der Waals surface area contributed by atoms with E-state index >= 15 is 0 Å². The van der Waals surface area contributed by atoms with Gasteiger partial charge in [-0.3, -0.25) is 4.79 Å². The molecule has 11 heavy (non-hydrogen) atoms. The molecule has 1 rings (SSSR count). The van der Waals surface area contributed by atoms with E-state index in [0.717, 1.165) is 19.3 Å². The molecule has 0 heterocycles. The molecule has 1 heteroatoms. The first-order chi connectivity index (χ1) is 5.15. The minimum atomic E-state index is 0.391. The molecule has 1 aliphatic carbocycles. The maximum atomic E-state index is 11.3. The van der Waals surface area contributed by atoms with Crippen LogP contribution < -0.4 is 0 Å². The molecule has 2 unspecified atom stereocenters. The lowest BCUT2D eigenvalue weighted by atomic mass is 9.93. The van der Waals surface area contributed by atoms with Gasteiger partial charge in [0.15, 0.2) is 0 Å². The van der Waals surface area contributed by atoms with Crippen LogP contribution in [0.4, 0.5) is 0 Å². The van der Waals surface area contributed by atoms with Crippen LogP contribution >= 0.6 is 0 Å². The van der Waals surface area contributed by atoms with Crippen molar-refractivity contribution in [3.8, 4) is 0 Å². The summed E-state index contributed by atoms with van der Waals surface area (Å²) in [5.74, 6) is 2.26. The van der Waals surface area contributed by atoms with Crippen LogP contribution in [0, 0.1) is 17.8 Å². The van der Waals surface area contributed by atoms with E-state index in [-0.39, 0.29) is 0 Å². The maximum Gasteiger partial charge on any atom is 0.136 e. The predicted molar refractivity (Wildman–Crippen MR) is 46.4 cm³/mol. The summed E-state index contributed by atoms with van der Waals surface area (Å²) in [7, 11) is 0. The van der Waals surface area contributed by atoms with Crippen LogP contribution in [0.5, 0.6) is 0 Å². The molecule has 0 radical (unpaired) electrons. The number of hydrogen-bond acceptors (Lipinski definition) is 1. The third kappa shape index (κ3) is 1.82. The predicted octanol–water partition coefficient (Wildman–Crippen LogP) is 2.65. The number of ketones is 1. The van der Waals surface area contributed by atoms with Gasteiger partial charge in [0.1, 0.15) is 5.78 Å². The molecule has 64 valence electrons. The molecule has 0 aliphatic heterocycles. The summed E-state index contributed by atoms with van der Waals surface area (Å²) in [6.45, 7) is 6.55. The minimum Gasteiger partial charge on any atom is -0.299 e. The number of rotatable bonds is 2. The molecular weight excluding hydrogens is 136 g/mol. The Kier molecular flexibility index (Phi) is 2.69. The zero-order valence-electron chi connectivity index (χ0n) is 7.76. The minimum absolute atomic E-state index is 0.391. The fraction of sp³-hybridized carbons (Fsp3) is 0.900. The summed E-state index contributed by atoms with van der Waals surface area (Å²) in [5, 5.41) is 0. The second-order valence-corrected chi connectivity index (χ2v) is 4.02. The Morgan fingerprint density at radius 1 is 1.55 bits per heavy atom. The standard InChI is InChI=1S/C10H18O/c1-4-8-5-9(7(2)3)6-10(8)11/h7-9H,4-6H2,1-3H3. The van der Waals surface area contributed by atoms with Gasteiger partial charge < -0.3 is 0 Å². The molecule has 2 atom stereocenters. The van der Waals surface area contributed by atoms with Gasteiger partial charge in [-0.1, -0.05) is 20.8 Å². The fourth-order valence-corrected chi connectivity index (χ4v) is 1.91. The first-order valence-corrected chi connectivity index (χ1v) is 4.67. The Bertz CT molecular complexity index is 149. The van der Waals surface area contributed by atoms with E-state index in [1.807, 2.05) is 0 Å². The fourth-order valence-electron chi connectivity index (χ4n) is 1.91. The van der Waals surface area contributed by atoms with E-state index < -0.39 is 0 Å². The molecule has 0 saturated heterocycles. The van der Waals surface area contributed by atoms with Crippen molar-refractivity contribution >= 4 is 5.78 Å². The topological polar surface area (TPSA) is 17.1 Å². The van der Waals surface area contributed by atoms with Gasteiger partial charge in [0, 0.05) is 12.3 Å². The van der Waals surface area contributed by atoms with Crippen LogP contribution in [0.25, 0.3) is 0 Å². The van der Waals surface area contributed by atoms with Crippen LogP contribution in [0.3, 0.4) is 0 Å². The average molecular weight is 154 g/mol. The third-order valence-corrected chi connectivity index (χ3v) is 2.94. The van der Waals surface area contributed by atoms with Crippen molar-refractivity contribution in [2.24, 2.45) is 17.8 Å². The van der Waals surface area contributed by atoms with E-state index in [2.05, 4.69) is 20.8 Å². The molecular formula is C10H18O. The highest BCUT2D eigenvalue weighted by Crippen LogP contribution is 2.34. The lowest BCUT2D eigenvalue weighted by Crippen LogP contribution is -2.03. The normalized spacial score (nSPS) is 31.8. The summed E-state index contributed by atoms with van der Waals surface area (Å²) >= 11 is 0. The molecule has 0 aromatic heterocycles. The van der Waals surface area contributed by atoms with Gasteiger partial charge in [-0.2, -0.15) is 0 Å². The number of Topliss-reactive ketones (excluding diaryl/α,β-unsaturated/α-hetero) is 1. The van der Waals surface area contributed by atoms with Crippen molar-refractivity contribution < 1.29 is 4.79 Å². The van der Waals surface area contributed by atoms with Gasteiger partial charge in [-0.15, -0.1) is 0 Å². The molecule has 1 aliphatic rings. The zero-order chi connectivity index (χ0) is 8.43. The van der Waals surface area contributed by atoms with E-state index in [1.165, 1.54) is 0 Å². The lowest BCUT2D eigenvalue weighted by molar-refractivity contribution is -0.120. The van der Waals surface area contributed by atoms with Gasteiger partial charge in [0.2, 0.25) is 0 Å². The van der Waals surface area contributed by atoms with Gasteiger partial charge in [-0.05, 0) is 24.7 Å². The number of carbonyl (C=O) groups is 1. The lowest BCUT2D eigenvalue weighted by Gasteiger charge is -2.12. The molecule has 0 aromatic rings. The molecule has 0 spiro atoms. The summed E-state index contributed by atoms with van der Waals surface area (Å²) in [4.78, 5) is 11.3. The molecule has 1 nitrogen and oxygen atoms in total. The van der Waals surface area contributed by atoms with Crippen LogP contribution in [0.1, 0.15) is 40.0 Å². The third-order valence-electron chi connectivity index (χ3n) is 2.94. The maximum absolute atomic E-state index is 11.3. The van der Waals surface area contributed by atoms with E-state index in [1.54, 1.807) is 0 Å². The van der Waals surface area contributed by atoms with Gasteiger partial charge in [-0.25, -0.2) is 0 Å². The van der Waals surface area contributed by atoms with Crippen molar-refractivity contribution in [2.45, 2.75) is 40.0 Å². The van der Waals surface area contributed by atoms with Crippen LogP contribution in [-0.2, 0) is 4.79 Å². The Hall–Kier alpha value is -0.330. The quantitative estimate of drug-likeness (QED) is 0.597. The summed E-state index contributed by atoms with van der Waals surface area (Å²) in [5.41, 5.74) is 0. The molecule has 0 amide bonds. The Balaban J connectivity index is 2.49. The second-order valence-electron chi connectivity index (χ2n) is 4.02. The molecule has 1 fully saturated rings. The van der Waals surface area contributed by atoms with E-state index in [9.17, 15) is 4.79 Å². The zero-order valence-corrected chi connectivity index (χ0v) is 7.76. The van der Waals surface area contributed by atoms with Gasteiger partial charge in [0.25, 0.3) is 0 Å². The summed E-state index contributed by atoms with van der Waals surface area (Å²) in [6.07, 6.45) is 3.03. The van der Waals surface area contributed by atoms with Gasteiger partial charge >= 0.3 is 0 Å². The summed E-state index contributed by atoms with van der Waals surface area (Å²) in [6, 6.07) is 0. The Labute approximate surface area is 69.2 Å². The first-order valence-electron chi connectivity index (χ1n) is 4.67. The van der Waals surface area contributed by atoms with Crippen LogP contribution in [0.2, 0.25) is 0 Å². The smallest absolute Gasteiger partial charge is 0.136 e. The first kappa shape index (κ1) is 8.76. The SMILES string of the molecule is CCC1CC(C(C)C)CC1=O. The van der Waals surface area contributed by atoms with Crippen LogP contribution in [0.15, 0.2) is 0 Å². The highest BCUT2D eigenvalue weighted by molar-refractivity contribution is 5.83. The Morgan fingerprint density at radius 3 is 2.45 bits per heavy atom. The van der Waals surface area contributed by atoms with E-state index in [0.29, 0.717) is 23.5 Å². The molecule has 0 bridgehead atoms. The second kappa shape index (κ2) is 3.38. The molecule has 0 N–H and O–H groups in total. The highest BCUT2D eigenvalue weighted by Gasteiger charge is 2.32. The largest absolute Gasteiger partial charge is 0.299 e. The Morgan fingerprint density at radius 2 is 2.18 bits per heavy atom. The van der Waals surface area contributed by atoms with Gasteiger partial charge in [0.05, 0.1) is 0 Å². The van der Waals surface area contributed by atoms with Crippen molar-refractivity contribution in [1.82, 2.24) is 0 Å². The van der Waals surface area contributed by atoms with E-state index in [4.69, 9.17) is 0 Å². The van der Waals surface area contributed by atoms with Crippen LogP contribution in [-0.4, -0.2) is 5.78 Å². The van der Waals surface area contributed by atoms with Crippen molar-refractivity contribution in [3.05, 3.63) is 0 Å². The number of hydrogen-bond donors (Lipinski definition) is 0. The molecule has 1 saturated carbocycles.